The number of anilines is 2. The molecule has 0 radical (unpaired) electrons. The van der Waals surface area contributed by atoms with Gasteiger partial charge in [-0.05, 0) is 24.6 Å². The smallest absolute Gasteiger partial charge is 0.258 e. The highest BCUT2D eigenvalue weighted by Crippen LogP contribution is 2.19. The summed E-state index contributed by atoms with van der Waals surface area (Å²) in [7, 11) is 0. The Balaban J connectivity index is 2.15. The molecule has 110 valence electrons. The van der Waals surface area contributed by atoms with Crippen LogP contribution in [-0.2, 0) is 0 Å². The number of halogens is 2. The van der Waals surface area contributed by atoms with E-state index in [1.54, 1.807) is 18.2 Å². The van der Waals surface area contributed by atoms with Crippen molar-refractivity contribution in [3.63, 3.8) is 0 Å². The summed E-state index contributed by atoms with van der Waals surface area (Å²) in [5, 5.41) is 6.55. The molecule has 0 unspecified atom stereocenters. The van der Waals surface area contributed by atoms with Crippen LogP contribution in [0.25, 0.3) is 0 Å². The zero-order valence-corrected chi connectivity index (χ0v) is 12.9. The molecule has 2 N–H and O–H groups in total. The van der Waals surface area contributed by atoms with E-state index in [1.807, 2.05) is 6.92 Å². The first-order valence-electron chi connectivity index (χ1n) is 6.42. The zero-order valence-electron chi connectivity index (χ0n) is 11.4. The van der Waals surface area contributed by atoms with Gasteiger partial charge in [-0.1, -0.05) is 30.1 Å². The molecule has 7 heteroatoms. The van der Waals surface area contributed by atoms with E-state index < -0.39 is 0 Å². The molecule has 0 saturated heterocycles. The third-order valence-corrected chi connectivity index (χ3v) is 3.15. The lowest BCUT2D eigenvalue weighted by molar-refractivity contribution is 0.102. The van der Waals surface area contributed by atoms with Crippen LogP contribution in [0.2, 0.25) is 10.0 Å². The van der Waals surface area contributed by atoms with Gasteiger partial charge in [0.25, 0.3) is 5.91 Å². The Kier molecular flexibility index (Phi) is 5.36. The normalized spacial score (nSPS) is 10.2. The highest BCUT2D eigenvalue weighted by molar-refractivity contribution is 6.34. The van der Waals surface area contributed by atoms with E-state index in [0.717, 1.165) is 13.0 Å². The summed E-state index contributed by atoms with van der Waals surface area (Å²) >= 11 is 11.8. The average Bonchev–Trinajstić information content (AvgIpc) is 2.48. The predicted octanol–water partition coefficient (Wildman–Crippen LogP) is 3.86. The van der Waals surface area contributed by atoms with Gasteiger partial charge < -0.3 is 10.6 Å². The lowest BCUT2D eigenvalue weighted by Crippen LogP contribution is -2.14. The van der Waals surface area contributed by atoms with Crippen molar-refractivity contribution < 1.29 is 4.79 Å². The van der Waals surface area contributed by atoms with Crippen molar-refractivity contribution in [1.29, 1.82) is 0 Å². The summed E-state index contributed by atoms with van der Waals surface area (Å²) in [5.41, 5.74) is 0.335. The molecule has 2 aromatic heterocycles. The number of rotatable bonds is 5. The summed E-state index contributed by atoms with van der Waals surface area (Å²) in [6.45, 7) is 2.82. The molecule has 2 heterocycles. The van der Waals surface area contributed by atoms with Gasteiger partial charge in [0.15, 0.2) is 0 Å². The Hall–Kier alpha value is -1.85. The van der Waals surface area contributed by atoms with Crippen LogP contribution >= 0.6 is 23.2 Å². The van der Waals surface area contributed by atoms with Crippen LogP contribution in [-0.4, -0.2) is 22.4 Å². The van der Waals surface area contributed by atoms with Crippen molar-refractivity contribution in [3.8, 4) is 0 Å². The molecule has 0 aliphatic heterocycles. The van der Waals surface area contributed by atoms with E-state index in [-0.39, 0.29) is 10.9 Å². The molecule has 2 rings (SSSR count). The zero-order chi connectivity index (χ0) is 15.2. The lowest BCUT2D eigenvalue weighted by atomic mass is 10.2. The first kappa shape index (κ1) is 15.5. The Morgan fingerprint density at radius 1 is 1.19 bits per heavy atom. The Morgan fingerprint density at radius 3 is 2.62 bits per heavy atom. The molecule has 0 aliphatic carbocycles. The maximum absolute atomic E-state index is 12.2. The molecule has 0 saturated carbocycles. The summed E-state index contributed by atoms with van der Waals surface area (Å²) in [6, 6.07) is 4.88. The van der Waals surface area contributed by atoms with Gasteiger partial charge in [-0.15, -0.1) is 0 Å². The van der Waals surface area contributed by atoms with E-state index in [1.165, 1.54) is 12.4 Å². The minimum atomic E-state index is -0.350. The maximum atomic E-state index is 12.2. The molecule has 21 heavy (non-hydrogen) atoms. The molecule has 0 bridgehead atoms. The van der Waals surface area contributed by atoms with Gasteiger partial charge in [-0.2, -0.15) is 0 Å². The van der Waals surface area contributed by atoms with Gasteiger partial charge in [0.1, 0.15) is 11.6 Å². The van der Waals surface area contributed by atoms with Gasteiger partial charge in [0.05, 0.1) is 15.6 Å². The SMILES string of the molecule is CCCNc1cc(C(=O)Nc2ccc(Cl)cn2)c(Cl)cn1. The van der Waals surface area contributed by atoms with Crippen molar-refractivity contribution in [1.82, 2.24) is 9.97 Å². The number of carbonyl (C=O) groups is 1. The molecule has 0 aliphatic rings. The van der Waals surface area contributed by atoms with Crippen molar-refractivity contribution >= 4 is 40.7 Å². The number of hydrogen-bond donors (Lipinski definition) is 2. The third kappa shape index (κ3) is 4.31. The van der Waals surface area contributed by atoms with Crippen LogP contribution < -0.4 is 10.6 Å². The second-order valence-corrected chi connectivity index (χ2v) is 5.14. The Labute approximate surface area is 132 Å². The largest absolute Gasteiger partial charge is 0.370 e. The standard InChI is InChI=1S/C14H14Cl2N4O/c1-2-5-17-13-6-10(11(16)8-19-13)14(21)20-12-4-3-9(15)7-18-12/h3-4,6-8H,2,5H2,1H3,(H,17,19)(H,18,20,21). The fourth-order valence-corrected chi connectivity index (χ4v) is 1.90. The Morgan fingerprint density at radius 2 is 1.95 bits per heavy atom. The quantitative estimate of drug-likeness (QED) is 0.876. The number of aromatic nitrogens is 2. The van der Waals surface area contributed by atoms with Gasteiger partial charge in [-0.25, -0.2) is 9.97 Å². The van der Waals surface area contributed by atoms with Crippen LogP contribution in [0, 0.1) is 0 Å². The maximum Gasteiger partial charge on any atom is 0.258 e. The van der Waals surface area contributed by atoms with E-state index in [0.29, 0.717) is 22.2 Å². The van der Waals surface area contributed by atoms with Crippen molar-refractivity contribution in [2.24, 2.45) is 0 Å². The van der Waals surface area contributed by atoms with Crippen LogP contribution in [0.1, 0.15) is 23.7 Å². The molecule has 1 amide bonds. The molecule has 0 fully saturated rings. The predicted molar refractivity (Wildman–Crippen MR) is 85.2 cm³/mol. The molecule has 5 nitrogen and oxygen atoms in total. The van der Waals surface area contributed by atoms with Gasteiger partial charge in [0.2, 0.25) is 0 Å². The van der Waals surface area contributed by atoms with E-state index in [4.69, 9.17) is 23.2 Å². The first-order valence-corrected chi connectivity index (χ1v) is 7.18. The monoisotopic (exact) mass is 324 g/mol. The minimum Gasteiger partial charge on any atom is -0.370 e. The van der Waals surface area contributed by atoms with Gasteiger partial charge in [-0.3, -0.25) is 4.79 Å². The molecule has 0 aromatic carbocycles. The highest BCUT2D eigenvalue weighted by atomic mass is 35.5. The molecular formula is C14H14Cl2N4O. The third-order valence-electron chi connectivity index (χ3n) is 2.63. The van der Waals surface area contributed by atoms with Crippen LogP contribution in [0.15, 0.2) is 30.6 Å². The van der Waals surface area contributed by atoms with Crippen LogP contribution in [0.3, 0.4) is 0 Å². The van der Waals surface area contributed by atoms with E-state index >= 15 is 0 Å². The van der Waals surface area contributed by atoms with Crippen LogP contribution in [0.5, 0.6) is 0 Å². The summed E-state index contributed by atoms with van der Waals surface area (Å²) in [4.78, 5) is 20.4. The molecule has 0 atom stereocenters. The van der Waals surface area contributed by atoms with Gasteiger partial charge >= 0.3 is 0 Å². The molecule has 0 spiro atoms. The highest BCUT2D eigenvalue weighted by Gasteiger charge is 2.13. The second kappa shape index (κ2) is 7.24. The number of nitrogens with one attached hydrogen (secondary N) is 2. The Bertz CT molecular complexity index is 631. The number of carbonyl (C=O) groups excluding carboxylic acids is 1. The van der Waals surface area contributed by atoms with Crippen molar-refractivity contribution in [3.05, 3.63) is 46.2 Å². The number of nitrogens with zero attached hydrogens (tertiary/aromatic N) is 2. The van der Waals surface area contributed by atoms with Crippen LogP contribution in [0.4, 0.5) is 11.6 Å². The summed E-state index contributed by atoms with van der Waals surface area (Å²) < 4.78 is 0. The average molecular weight is 325 g/mol. The van der Waals surface area contributed by atoms with Gasteiger partial charge in [0, 0.05) is 18.9 Å². The second-order valence-electron chi connectivity index (χ2n) is 4.29. The summed E-state index contributed by atoms with van der Waals surface area (Å²) in [5.74, 6) is 0.660. The fraction of sp³-hybridized carbons (Fsp3) is 0.214. The number of amides is 1. The van der Waals surface area contributed by atoms with E-state index in [2.05, 4.69) is 20.6 Å². The number of hydrogen-bond acceptors (Lipinski definition) is 4. The summed E-state index contributed by atoms with van der Waals surface area (Å²) in [6.07, 6.45) is 3.86. The van der Waals surface area contributed by atoms with Crippen molar-refractivity contribution in [2.75, 3.05) is 17.2 Å². The molecular weight excluding hydrogens is 311 g/mol. The topological polar surface area (TPSA) is 66.9 Å². The number of pyridine rings is 2. The van der Waals surface area contributed by atoms with Crippen molar-refractivity contribution in [2.45, 2.75) is 13.3 Å². The molecule has 2 aromatic rings. The first-order chi connectivity index (χ1) is 10.1. The minimum absolute atomic E-state index is 0.281. The van der Waals surface area contributed by atoms with E-state index in [9.17, 15) is 4.79 Å². The lowest BCUT2D eigenvalue weighted by Gasteiger charge is -2.09. The fourth-order valence-electron chi connectivity index (χ4n) is 1.60.